The largest absolute Gasteiger partial charge is 0.385 e. The number of methoxy groups -OCH3 is 1. The fraction of sp³-hybridized carbons (Fsp3) is 0.211. The van der Waals surface area contributed by atoms with Crippen LogP contribution in [0, 0.1) is 0 Å². The van der Waals surface area contributed by atoms with Gasteiger partial charge in [-0.05, 0) is 61.1 Å². The first kappa shape index (κ1) is 22.1. The SMILES string of the molecule is COCCCNC(=O)c1ccc(NC(=S)NC(=O)c2cc(Cl)cc(Cl)c2)cc1. The predicted molar refractivity (Wildman–Crippen MR) is 115 cm³/mol. The summed E-state index contributed by atoms with van der Waals surface area (Å²) in [7, 11) is 1.62. The van der Waals surface area contributed by atoms with Crippen LogP contribution in [0.3, 0.4) is 0 Å². The van der Waals surface area contributed by atoms with Crippen LogP contribution in [0.1, 0.15) is 27.1 Å². The van der Waals surface area contributed by atoms with Crippen molar-refractivity contribution >= 4 is 58.0 Å². The van der Waals surface area contributed by atoms with E-state index >= 15 is 0 Å². The highest BCUT2D eigenvalue weighted by molar-refractivity contribution is 7.80. The number of carbonyl (C=O) groups excluding carboxylic acids is 2. The van der Waals surface area contributed by atoms with E-state index in [4.69, 9.17) is 40.2 Å². The van der Waals surface area contributed by atoms with Crippen LogP contribution in [0.25, 0.3) is 0 Å². The molecule has 0 radical (unpaired) electrons. The zero-order chi connectivity index (χ0) is 20.5. The number of carbonyl (C=O) groups is 2. The zero-order valence-corrected chi connectivity index (χ0v) is 17.4. The molecule has 0 atom stereocenters. The summed E-state index contributed by atoms with van der Waals surface area (Å²) in [6.07, 6.45) is 0.744. The van der Waals surface area contributed by atoms with Crippen molar-refractivity contribution < 1.29 is 14.3 Å². The first-order valence-corrected chi connectivity index (χ1v) is 9.51. The second kappa shape index (κ2) is 11.0. The van der Waals surface area contributed by atoms with Gasteiger partial charge in [0.05, 0.1) is 0 Å². The van der Waals surface area contributed by atoms with E-state index in [0.29, 0.717) is 40.0 Å². The van der Waals surface area contributed by atoms with Gasteiger partial charge in [-0.15, -0.1) is 0 Å². The summed E-state index contributed by atoms with van der Waals surface area (Å²) < 4.78 is 4.93. The van der Waals surface area contributed by atoms with Gasteiger partial charge in [0.25, 0.3) is 11.8 Å². The first-order valence-electron chi connectivity index (χ1n) is 8.34. The van der Waals surface area contributed by atoms with Crippen molar-refractivity contribution in [2.24, 2.45) is 0 Å². The van der Waals surface area contributed by atoms with Crippen molar-refractivity contribution in [2.45, 2.75) is 6.42 Å². The number of thiocarbonyl (C=S) groups is 1. The summed E-state index contributed by atoms with van der Waals surface area (Å²) in [6.45, 7) is 1.13. The van der Waals surface area contributed by atoms with Crippen LogP contribution in [0.5, 0.6) is 0 Å². The molecule has 0 spiro atoms. The zero-order valence-electron chi connectivity index (χ0n) is 15.1. The van der Waals surface area contributed by atoms with Gasteiger partial charge in [0.1, 0.15) is 0 Å². The highest BCUT2D eigenvalue weighted by Gasteiger charge is 2.10. The monoisotopic (exact) mass is 439 g/mol. The third-order valence-electron chi connectivity index (χ3n) is 3.57. The smallest absolute Gasteiger partial charge is 0.257 e. The number of rotatable bonds is 7. The molecule has 6 nitrogen and oxygen atoms in total. The summed E-state index contributed by atoms with van der Waals surface area (Å²) >= 11 is 16.9. The van der Waals surface area contributed by atoms with Crippen LogP contribution in [0.2, 0.25) is 10.0 Å². The maximum Gasteiger partial charge on any atom is 0.257 e. The highest BCUT2D eigenvalue weighted by atomic mass is 35.5. The molecule has 0 unspecified atom stereocenters. The Bertz CT molecular complexity index is 840. The molecule has 0 heterocycles. The molecule has 0 saturated carbocycles. The van der Waals surface area contributed by atoms with Crippen molar-refractivity contribution in [1.29, 1.82) is 0 Å². The Morgan fingerprint density at radius 1 is 1.00 bits per heavy atom. The molecule has 0 bridgehead atoms. The number of nitrogens with one attached hydrogen (secondary N) is 3. The standard InChI is InChI=1S/C19H19Cl2N3O3S/c1-27-8-2-7-22-17(25)12-3-5-16(6-4-12)23-19(28)24-18(26)13-9-14(20)11-15(21)10-13/h3-6,9-11H,2,7-8H2,1H3,(H,22,25)(H2,23,24,26,28). The number of benzene rings is 2. The molecule has 0 aromatic heterocycles. The van der Waals surface area contributed by atoms with Crippen molar-refractivity contribution in [1.82, 2.24) is 10.6 Å². The minimum Gasteiger partial charge on any atom is -0.385 e. The number of hydrogen-bond donors (Lipinski definition) is 3. The topological polar surface area (TPSA) is 79.5 Å². The van der Waals surface area contributed by atoms with Crippen molar-refractivity contribution in [3.63, 3.8) is 0 Å². The lowest BCUT2D eigenvalue weighted by atomic mass is 10.2. The van der Waals surface area contributed by atoms with Gasteiger partial charge in [0, 0.05) is 47.1 Å². The van der Waals surface area contributed by atoms with Crippen LogP contribution < -0.4 is 16.0 Å². The molecular weight excluding hydrogens is 421 g/mol. The fourth-order valence-corrected chi connectivity index (χ4v) is 2.98. The van der Waals surface area contributed by atoms with E-state index < -0.39 is 5.91 Å². The minimum atomic E-state index is -0.436. The molecule has 0 fully saturated rings. The number of amides is 2. The Balaban J connectivity index is 1.88. The Hall–Kier alpha value is -2.19. The van der Waals surface area contributed by atoms with E-state index in [0.717, 1.165) is 6.42 Å². The van der Waals surface area contributed by atoms with Crippen LogP contribution in [-0.2, 0) is 4.74 Å². The van der Waals surface area contributed by atoms with Gasteiger partial charge < -0.3 is 15.4 Å². The molecule has 2 aromatic carbocycles. The maximum atomic E-state index is 12.2. The quantitative estimate of drug-likeness (QED) is 0.450. The van der Waals surface area contributed by atoms with Gasteiger partial charge in [-0.3, -0.25) is 14.9 Å². The Labute approximate surface area is 178 Å². The number of ether oxygens (including phenoxy) is 1. The molecule has 2 aromatic rings. The lowest BCUT2D eigenvalue weighted by molar-refractivity contribution is 0.0946. The summed E-state index contributed by atoms with van der Waals surface area (Å²) in [5.41, 5.74) is 1.44. The number of hydrogen-bond acceptors (Lipinski definition) is 4. The Morgan fingerprint density at radius 2 is 1.64 bits per heavy atom. The first-order chi connectivity index (χ1) is 13.4. The molecule has 0 saturated heterocycles. The van der Waals surface area contributed by atoms with E-state index in [1.54, 1.807) is 31.4 Å². The van der Waals surface area contributed by atoms with Crippen LogP contribution >= 0.6 is 35.4 Å². The second-order valence-electron chi connectivity index (χ2n) is 5.75. The summed E-state index contributed by atoms with van der Waals surface area (Å²) in [5.74, 6) is -0.606. The van der Waals surface area contributed by atoms with Crippen LogP contribution in [0.15, 0.2) is 42.5 Å². The van der Waals surface area contributed by atoms with E-state index in [-0.39, 0.29) is 11.0 Å². The Morgan fingerprint density at radius 3 is 2.25 bits per heavy atom. The average Bonchev–Trinajstić information content (AvgIpc) is 2.64. The Kier molecular flexibility index (Phi) is 8.66. The molecule has 0 aliphatic heterocycles. The lowest BCUT2D eigenvalue weighted by Gasteiger charge is -2.11. The van der Waals surface area contributed by atoms with Gasteiger partial charge in [0.2, 0.25) is 0 Å². The minimum absolute atomic E-state index is 0.109. The third kappa shape index (κ3) is 7.09. The van der Waals surface area contributed by atoms with Crippen LogP contribution in [-0.4, -0.2) is 37.2 Å². The van der Waals surface area contributed by atoms with E-state index in [2.05, 4.69) is 16.0 Å². The number of anilines is 1. The molecule has 0 aliphatic rings. The van der Waals surface area contributed by atoms with Crippen molar-refractivity contribution in [2.75, 3.05) is 25.6 Å². The van der Waals surface area contributed by atoms with Gasteiger partial charge in [-0.25, -0.2) is 0 Å². The highest BCUT2D eigenvalue weighted by Crippen LogP contribution is 2.19. The lowest BCUT2D eigenvalue weighted by Crippen LogP contribution is -2.34. The third-order valence-corrected chi connectivity index (χ3v) is 4.21. The van der Waals surface area contributed by atoms with Gasteiger partial charge in [0.15, 0.2) is 5.11 Å². The average molecular weight is 440 g/mol. The second-order valence-corrected chi connectivity index (χ2v) is 7.03. The van der Waals surface area contributed by atoms with Gasteiger partial charge >= 0.3 is 0 Å². The predicted octanol–water partition coefficient (Wildman–Crippen LogP) is 3.89. The summed E-state index contributed by atoms with van der Waals surface area (Å²) in [4.78, 5) is 24.2. The molecule has 9 heteroatoms. The maximum absolute atomic E-state index is 12.2. The molecule has 148 valence electrons. The molecular formula is C19H19Cl2N3O3S. The number of halogens is 2. The van der Waals surface area contributed by atoms with Gasteiger partial charge in [-0.2, -0.15) is 0 Å². The summed E-state index contributed by atoms with van der Waals surface area (Å²) in [6, 6.07) is 11.2. The molecule has 2 rings (SSSR count). The molecule has 3 N–H and O–H groups in total. The normalized spacial score (nSPS) is 10.2. The van der Waals surface area contributed by atoms with E-state index in [1.165, 1.54) is 18.2 Å². The fourth-order valence-electron chi connectivity index (χ4n) is 2.25. The van der Waals surface area contributed by atoms with E-state index in [1.807, 2.05) is 0 Å². The van der Waals surface area contributed by atoms with E-state index in [9.17, 15) is 9.59 Å². The van der Waals surface area contributed by atoms with Crippen molar-refractivity contribution in [3.05, 3.63) is 63.6 Å². The molecule has 2 amide bonds. The van der Waals surface area contributed by atoms with Crippen LogP contribution in [0.4, 0.5) is 5.69 Å². The van der Waals surface area contributed by atoms with Crippen molar-refractivity contribution in [3.8, 4) is 0 Å². The summed E-state index contributed by atoms with van der Waals surface area (Å²) in [5, 5.41) is 9.05. The van der Waals surface area contributed by atoms with Gasteiger partial charge in [-0.1, -0.05) is 23.2 Å². The molecule has 28 heavy (non-hydrogen) atoms. The molecule has 0 aliphatic carbocycles.